The molecule has 2 saturated heterocycles. The molecule has 0 unspecified atom stereocenters. The van der Waals surface area contributed by atoms with E-state index in [1.807, 2.05) is 4.90 Å². The van der Waals surface area contributed by atoms with Crippen molar-refractivity contribution in [1.29, 1.82) is 0 Å². The number of likely N-dealkylation sites (tertiary alicyclic amines) is 1. The van der Waals surface area contributed by atoms with E-state index in [4.69, 9.17) is 0 Å². The Morgan fingerprint density at radius 2 is 1.47 bits per heavy atom. The molecule has 3 rings (SSSR count). The predicted octanol–water partition coefficient (Wildman–Crippen LogP) is 2.77. The molecule has 7 nitrogen and oxygen atoms in total. The van der Waals surface area contributed by atoms with E-state index in [9.17, 15) is 18.0 Å². The van der Waals surface area contributed by atoms with Crippen molar-refractivity contribution in [2.75, 3.05) is 32.7 Å². The second kappa shape index (κ2) is 10.9. The highest BCUT2D eigenvalue weighted by molar-refractivity contribution is 7.89. The monoisotopic (exact) mass is 435 g/mol. The van der Waals surface area contributed by atoms with Crippen molar-refractivity contribution < 1.29 is 18.0 Å². The molecule has 0 bridgehead atoms. The number of carbonyl (C=O) groups excluding carboxylic acids is 2. The maximum absolute atomic E-state index is 13.0. The minimum absolute atomic E-state index is 0.0645. The molecule has 0 radical (unpaired) electrons. The summed E-state index contributed by atoms with van der Waals surface area (Å²) in [5, 5.41) is 2.76. The minimum atomic E-state index is -3.60. The lowest BCUT2D eigenvalue weighted by Gasteiger charge is -2.20. The molecule has 0 aromatic heterocycles. The number of amides is 2. The lowest BCUT2D eigenvalue weighted by atomic mass is 10.2. The summed E-state index contributed by atoms with van der Waals surface area (Å²) in [6.45, 7) is 2.89. The second-order valence-electron chi connectivity index (χ2n) is 8.15. The van der Waals surface area contributed by atoms with Crippen LogP contribution in [0.1, 0.15) is 68.1 Å². The van der Waals surface area contributed by atoms with Crippen molar-refractivity contribution in [2.45, 2.75) is 62.7 Å². The van der Waals surface area contributed by atoms with Crippen LogP contribution in [0.5, 0.6) is 0 Å². The fraction of sp³-hybridized carbons (Fsp3) is 0.636. The first kappa shape index (κ1) is 22.7. The zero-order chi connectivity index (χ0) is 21.4. The zero-order valence-corrected chi connectivity index (χ0v) is 18.5. The van der Waals surface area contributed by atoms with Gasteiger partial charge >= 0.3 is 0 Å². The number of rotatable bonds is 6. The fourth-order valence-electron chi connectivity index (χ4n) is 4.09. The third-order valence-electron chi connectivity index (χ3n) is 5.88. The Balaban J connectivity index is 1.57. The van der Waals surface area contributed by atoms with Crippen LogP contribution in [0.15, 0.2) is 29.2 Å². The molecule has 30 heavy (non-hydrogen) atoms. The van der Waals surface area contributed by atoms with E-state index >= 15 is 0 Å². The first-order chi connectivity index (χ1) is 14.5. The van der Waals surface area contributed by atoms with Crippen LogP contribution in [0.3, 0.4) is 0 Å². The first-order valence-corrected chi connectivity index (χ1v) is 12.6. The Kier molecular flexibility index (Phi) is 8.27. The highest BCUT2D eigenvalue weighted by Crippen LogP contribution is 2.21. The van der Waals surface area contributed by atoms with Gasteiger partial charge in [-0.25, -0.2) is 8.42 Å². The molecular weight excluding hydrogens is 402 g/mol. The van der Waals surface area contributed by atoms with Crippen molar-refractivity contribution in [3.05, 3.63) is 29.8 Å². The normalized spacial score (nSPS) is 19.0. The maximum Gasteiger partial charge on any atom is 0.251 e. The van der Waals surface area contributed by atoms with E-state index in [1.54, 1.807) is 18.2 Å². The van der Waals surface area contributed by atoms with Gasteiger partial charge < -0.3 is 10.2 Å². The second-order valence-corrected chi connectivity index (χ2v) is 10.1. The molecule has 2 amide bonds. The van der Waals surface area contributed by atoms with Crippen molar-refractivity contribution in [1.82, 2.24) is 14.5 Å². The van der Waals surface area contributed by atoms with E-state index in [2.05, 4.69) is 5.32 Å². The van der Waals surface area contributed by atoms with E-state index < -0.39 is 10.0 Å². The van der Waals surface area contributed by atoms with Crippen LogP contribution in [0.4, 0.5) is 0 Å². The van der Waals surface area contributed by atoms with Crippen LogP contribution in [-0.4, -0.2) is 62.2 Å². The number of sulfonamides is 1. The van der Waals surface area contributed by atoms with Crippen LogP contribution in [0, 0.1) is 0 Å². The Hall–Kier alpha value is -1.93. The van der Waals surface area contributed by atoms with Crippen molar-refractivity contribution in [2.24, 2.45) is 0 Å². The summed E-state index contributed by atoms with van der Waals surface area (Å²) >= 11 is 0. The first-order valence-electron chi connectivity index (χ1n) is 11.1. The average Bonchev–Trinajstić information content (AvgIpc) is 3.19. The fourth-order valence-corrected chi connectivity index (χ4v) is 5.66. The van der Waals surface area contributed by atoms with Gasteiger partial charge in [-0.2, -0.15) is 4.31 Å². The molecule has 1 N–H and O–H groups in total. The molecule has 2 fully saturated rings. The highest BCUT2D eigenvalue weighted by atomic mass is 32.2. The van der Waals surface area contributed by atoms with Crippen LogP contribution in [0.2, 0.25) is 0 Å². The molecule has 0 atom stereocenters. The van der Waals surface area contributed by atoms with Crippen molar-refractivity contribution >= 4 is 21.8 Å². The summed E-state index contributed by atoms with van der Waals surface area (Å²) in [6.07, 6.45) is 8.49. The lowest BCUT2D eigenvalue weighted by Crippen LogP contribution is -2.35. The predicted molar refractivity (Wildman–Crippen MR) is 116 cm³/mol. The highest BCUT2D eigenvalue weighted by Gasteiger charge is 2.26. The van der Waals surface area contributed by atoms with Gasteiger partial charge in [0.1, 0.15) is 0 Å². The Labute approximate surface area is 179 Å². The quantitative estimate of drug-likeness (QED) is 0.744. The van der Waals surface area contributed by atoms with Gasteiger partial charge in [0.05, 0.1) is 4.90 Å². The molecule has 0 saturated carbocycles. The van der Waals surface area contributed by atoms with Crippen molar-refractivity contribution in [3.63, 3.8) is 0 Å². The van der Waals surface area contributed by atoms with Gasteiger partial charge in [-0.3, -0.25) is 9.59 Å². The Morgan fingerprint density at radius 3 is 2.10 bits per heavy atom. The summed E-state index contributed by atoms with van der Waals surface area (Å²) in [5.41, 5.74) is 0.299. The van der Waals surface area contributed by atoms with Crippen LogP contribution in [0.25, 0.3) is 0 Å². The van der Waals surface area contributed by atoms with Gasteiger partial charge in [0.25, 0.3) is 5.91 Å². The van der Waals surface area contributed by atoms with Gasteiger partial charge in [-0.1, -0.05) is 31.7 Å². The number of hydrogen-bond acceptors (Lipinski definition) is 4. The number of hydrogen-bond donors (Lipinski definition) is 1. The smallest absolute Gasteiger partial charge is 0.251 e. The molecular formula is C22H33N3O4S. The minimum Gasteiger partial charge on any atom is -0.352 e. The number of benzene rings is 1. The van der Waals surface area contributed by atoms with Gasteiger partial charge in [-0.05, 0) is 43.9 Å². The Morgan fingerprint density at radius 1 is 0.867 bits per heavy atom. The van der Waals surface area contributed by atoms with Gasteiger partial charge in [0, 0.05) is 44.7 Å². The summed E-state index contributed by atoms with van der Waals surface area (Å²) in [5.74, 6) is -0.290. The van der Waals surface area contributed by atoms with E-state index in [0.29, 0.717) is 18.7 Å². The molecule has 1 aromatic carbocycles. The lowest BCUT2D eigenvalue weighted by molar-refractivity contribution is -0.131. The maximum atomic E-state index is 13.0. The number of carbonyl (C=O) groups is 2. The topological polar surface area (TPSA) is 86.8 Å². The van der Waals surface area contributed by atoms with Crippen LogP contribution >= 0.6 is 0 Å². The third-order valence-corrected chi connectivity index (χ3v) is 7.78. The van der Waals surface area contributed by atoms with E-state index in [1.165, 1.54) is 10.4 Å². The largest absolute Gasteiger partial charge is 0.352 e. The van der Waals surface area contributed by atoms with Crippen LogP contribution < -0.4 is 5.32 Å². The third kappa shape index (κ3) is 6.04. The average molecular weight is 436 g/mol. The van der Waals surface area contributed by atoms with Gasteiger partial charge in [-0.15, -0.1) is 0 Å². The SMILES string of the molecule is O=C(NCCC(=O)N1CCCCCC1)c1cccc(S(=O)(=O)N2CCCCCC2)c1. The Bertz CT molecular complexity index is 825. The molecule has 1 aromatic rings. The molecule has 8 heteroatoms. The number of nitrogens with zero attached hydrogens (tertiary/aromatic N) is 2. The number of nitrogens with one attached hydrogen (secondary N) is 1. The molecule has 2 aliphatic rings. The van der Waals surface area contributed by atoms with E-state index in [0.717, 1.165) is 64.5 Å². The molecule has 166 valence electrons. The standard InChI is InChI=1S/C22H33N3O4S/c26-21(24-14-5-1-2-6-15-24)12-13-23-22(27)19-10-9-11-20(18-19)30(28,29)25-16-7-3-4-8-17-25/h9-11,18H,1-8,12-17H2,(H,23,27). The van der Waals surface area contributed by atoms with Gasteiger partial charge in [0.15, 0.2) is 0 Å². The van der Waals surface area contributed by atoms with E-state index in [-0.39, 0.29) is 29.7 Å². The summed E-state index contributed by atoms with van der Waals surface area (Å²) in [7, 11) is -3.60. The molecule has 2 aliphatic heterocycles. The van der Waals surface area contributed by atoms with Gasteiger partial charge in [0.2, 0.25) is 15.9 Å². The van der Waals surface area contributed by atoms with Crippen molar-refractivity contribution in [3.8, 4) is 0 Å². The molecule has 2 heterocycles. The van der Waals surface area contributed by atoms with Crippen LogP contribution in [-0.2, 0) is 14.8 Å². The summed E-state index contributed by atoms with van der Waals surface area (Å²) in [6, 6.07) is 6.18. The zero-order valence-electron chi connectivity index (χ0n) is 17.6. The molecule has 0 aliphatic carbocycles. The summed E-state index contributed by atoms with van der Waals surface area (Å²) < 4.78 is 27.5. The summed E-state index contributed by atoms with van der Waals surface area (Å²) in [4.78, 5) is 26.9. The molecule has 0 spiro atoms.